The van der Waals surface area contributed by atoms with Crippen LogP contribution in [0.4, 0.5) is 10.5 Å². The van der Waals surface area contributed by atoms with Crippen LogP contribution >= 0.6 is 15.9 Å². The summed E-state index contributed by atoms with van der Waals surface area (Å²) in [5.41, 5.74) is 0.737. The van der Waals surface area contributed by atoms with Gasteiger partial charge in [0.2, 0.25) is 6.10 Å². The Hall–Kier alpha value is -1.54. The quantitative estimate of drug-likeness (QED) is 0.784. The fourth-order valence-electron chi connectivity index (χ4n) is 1.36. The summed E-state index contributed by atoms with van der Waals surface area (Å²) in [6, 6.07) is 9.18. The largest absolute Gasteiger partial charge is 0.428 e. The van der Waals surface area contributed by atoms with Crippen LogP contribution in [0.15, 0.2) is 28.7 Å². The Morgan fingerprint density at radius 2 is 2.13 bits per heavy atom. The Kier molecular flexibility index (Phi) is 2.60. The molecule has 5 heteroatoms. The second-order valence-corrected chi connectivity index (χ2v) is 4.00. The highest BCUT2D eigenvalue weighted by atomic mass is 79.9. The monoisotopic (exact) mass is 266 g/mol. The van der Waals surface area contributed by atoms with E-state index in [9.17, 15) is 4.79 Å². The molecule has 0 bridgehead atoms. The Bertz CT molecular complexity index is 424. The zero-order chi connectivity index (χ0) is 10.8. The average Bonchev–Trinajstić information content (AvgIpc) is 2.61. The number of rotatable bonds is 1. The van der Waals surface area contributed by atoms with Crippen LogP contribution in [0.2, 0.25) is 0 Å². The number of nitrogens with zero attached hydrogens (tertiary/aromatic N) is 2. The molecule has 1 atom stereocenters. The number of amides is 1. The van der Waals surface area contributed by atoms with E-state index in [1.165, 1.54) is 4.90 Å². The van der Waals surface area contributed by atoms with Gasteiger partial charge in [-0.05, 0) is 24.3 Å². The van der Waals surface area contributed by atoms with Crippen molar-refractivity contribution in [2.24, 2.45) is 0 Å². The van der Waals surface area contributed by atoms with Gasteiger partial charge in [0, 0.05) is 10.2 Å². The van der Waals surface area contributed by atoms with E-state index in [0.29, 0.717) is 0 Å². The van der Waals surface area contributed by atoms with E-state index < -0.39 is 12.2 Å². The topological polar surface area (TPSA) is 53.3 Å². The number of ether oxygens (including phenoxy) is 1. The van der Waals surface area contributed by atoms with Crippen LogP contribution in [0, 0.1) is 11.3 Å². The molecular formula is C10H7BrN2O2. The summed E-state index contributed by atoms with van der Waals surface area (Å²) in [6.07, 6.45) is -1.13. The van der Waals surface area contributed by atoms with Gasteiger partial charge in [0.15, 0.2) is 0 Å². The molecule has 0 aliphatic carbocycles. The Morgan fingerprint density at radius 1 is 1.47 bits per heavy atom. The highest BCUT2D eigenvalue weighted by Crippen LogP contribution is 2.23. The molecule has 0 spiro atoms. The fraction of sp³-hybridized carbons (Fsp3) is 0.200. The van der Waals surface area contributed by atoms with Crippen molar-refractivity contribution >= 4 is 27.7 Å². The van der Waals surface area contributed by atoms with Crippen molar-refractivity contribution in [3.05, 3.63) is 28.7 Å². The van der Waals surface area contributed by atoms with E-state index in [2.05, 4.69) is 15.9 Å². The molecule has 0 N–H and O–H groups in total. The molecule has 1 heterocycles. The predicted octanol–water partition coefficient (Wildman–Crippen LogP) is 2.30. The third kappa shape index (κ3) is 1.95. The maximum Gasteiger partial charge on any atom is 0.415 e. The van der Waals surface area contributed by atoms with Crippen LogP contribution in [0.25, 0.3) is 0 Å². The first-order valence-electron chi connectivity index (χ1n) is 4.34. The van der Waals surface area contributed by atoms with E-state index in [0.717, 1.165) is 10.2 Å². The summed E-state index contributed by atoms with van der Waals surface area (Å²) in [5, 5.41) is 8.63. The van der Waals surface area contributed by atoms with Crippen LogP contribution in [0.5, 0.6) is 0 Å². The molecule has 1 aliphatic heterocycles. The van der Waals surface area contributed by atoms with Gasteiger partial charge in [-0.3, -0.25) is 4.90 Å². The number of carbonyl (C=O) groups excluding carboxylic acids is 1. The number of hydrogen-bond acceptors (Lipinski definition) is 3. The average molecular weight is 267 g/mol. The lowest BCUT2D eigenvalue weighted by atomic mass is 10.3. The van der Waals surface area contributed by atoms with Gasteiger partial charge in [-0.15, -0.1) is 0 Å². The second kappa shape index (κ2) is 3.91. The van der Waals surface area contributed by atoms with E-state index in [1.807, 2.05) is 18.2 Å². The van der Waals surface area contributed by atoms with Gasteiger partial charge >= 0.3 is 6.09 Å². The third-order valence-corrected chi connectivity index (χ3v) is 2.62. The van der Waals surface area contributed by atoms with Gasteiger partial charge in [0.25, 0.3) is 0 Å². The molecule has 2 rings (SSSR count). The summed E-state index contributed by atoms with van der Waals surface area (Å²) in [7, 11) is 0. The van der Waals surface area contributed by atoms with Crippen molar-refractivity contribution in [2.45, 2.75) is 6.10 Å². The van der Waals surface area contributed by atoms with E-state index in [-0.39, 0.29) is 6.54 Å². The van der Waals surface area contributed by atoms with Crippen molar-refractivity contribution in [1.29, 1.82) is 5.26 Å². The highest BCUT2D eigenvalue weighted by molar-refractivity contribution is 9.10. The maximum atomic E-state index is 11.4. The summed E-state index contributed by atoms with van der Waals surface area (Å²) < 4.78 is 5.76. The van der Waals surface area contributed by atoms with Crippen LogP contribution < -0.4 is 4.90 Å². The Morgan fingerprint density at radius 3 is 2.67 bits per heavy atom. The predicted molar refractivity (Wildman–Crippen MR) is 57.4 cm³/mol. The summed E-state index contributed by atoms with van der Waals surface area (Å²) >= 11 is 3.31. The SMILES string of the molecule is N#CC1CN(c2ccc(Br)cc2)C(=O)O1. The van der Waals surface area contributed by atoms with Crippen molar-refractivity contribution in [2.75, 3.05) is 11.4 Å². The third-order valence-electron chi connectivity index (χ3n) is 2.09. The number of hydrogen-bond donors (Lipinski definition) is 0. The van der Waals surface area contributed by atoms with Gasteiger partial charge < -0.3 is 4.74 Å². The molecule has 1 fully saturated rings. The van der Waals surface area contributed by atoms with E-state index in [1.54, 1.807) is 12.1 Å². The van der Waals surface area contributed by atoms with Gasteiger partial charge in [-0.25, -0.2) is 4.79 Å². The molecule has 0 radical (unpaired) electrons. The molecule has 0 saturated carbocycles. The minimum Gasteiger partial charge on any atom is -0.428 e. The van der Waals surface area contributed by atoms with Crippen molar-refractivity contribution in [1.82, 2.24) is 0 Å². The molecule has 15 heavy (non-hydrogen) atoms. The Labute approximate surface area is 95.2 Å². The zero-order valence-corrected chi connectivity index (χ0v) is 9.27. The van der Waals surface area contributed by atoms with Crippen molar-refractivity contribution < 1.29 is 9.53 Å². The molecule has 1 unspecified atom stereocenters. The lowest BCUT2D eigenvalue weighted by Crippen LogP contribution is -2.23. The molecule has 0 aromatic heterocycles. The molecule has 1 aromatic rings. The minimum absolute atomic E-state index is 0.289. The Balaban J connectivity index is 2.22. The van der Waals surface area contributed by atoms with Crippen LogP contribution in [-0.4, -0.2) is 18.7 Å². The molecular weight excluding hydrogens is 260 g/mol. The molecule has 1 saturated heterocycles. The van der Waals surface area contributed by atoms with Crippen LogP contribution in [-0.2, 0) is 4.74 Å². The standard InChI is InChI=1S/C10H7BrN2O2/c11-7-1-3-8(4-2-7)13-6-9(5-12)15-10(13)14/h1-4,9H,6H2. The number of nitriles is 1. The maximum absolute atomic E-state index is 11.4. The number of benzene rings is 1. The van der Waals surface area contributed by atoms with Crippen molar-refractivity contribution in [3.8, 4) is 6.07 Å². The molecule has 1 amide bonds. The summed E-state index contributed by atoms with van der Waals surface area (Å²) in [5.74, 6) is 0. The molecule has 4 nitrogen and oxygen atoms in total. The number of halogens is 1. The first-order valence-corrected chi connectivity index (χ1v) is 5.13. The van der Waals surface area contributed by atoms with Gasteiger partial charge in [0.1, 0.15) is 6.07 Å². The lowest BCUT2D eigenvalue weighted by Gasteiger charge is -2.11. The van der Waals surface area contributed by atoms with Gasteiger partial charge in [-0.2, -0.15) is 5.26 Å². The van der Waals surface area contributed by atoms with Crippen LogP contribution in [0.1, 0.15) is 0 Å². The highest BCUT2D eigenvalue weighted by Gasteiger charge is 2.31. The van der Waals surface area contributed by atoms with Gasteiger partial charge in [0.05, 0.1) is 6.54 Å². The fourth-order valence-corrected chi connectivity index (χ4v) is 1.63. The smallest absolute Gasteiger partial charge is 0.415 e. The molecule has 1 aromatic carbocycles. The summed E-state index contributed by atoms with van der Waals surface area (Å²) in [6.45, 7) is 0.289. The zero-order valence-electron chi connectivity index (χ0n) is 7.68. The van der Waals surface area contributed by atoms with E-state index >= 15 is 0 Å². The van der Waals surface area contributed by atoms with Crippen molar-refractivity contribution in [3.63, 3.8) is 0 Å². The first kappa shape index (κ1) is 9.99. The number of carbonyl (C=O) groups is 1. The summed E-state index contributed by atoms with van der Waals surface area (Å²) in [4.78, 5) is 12.8. The van der Waals surface area contributed by atoms with E-state index in [4.69, 9.17) is 10.00 Å². The molecule has 1 aliphatic rings. The minimum atomic E-state index is -0.666. The molecule has 76 valence electrons. The number of cyclic esters (lactones) is 1. The normalized spacial score (nSPS) is 19.9. The van der Waals surface area contributed by atoms with Crippen LogP contribution in [0.3, 0.4) is 0 Å². The van der Waals surface area contributed by atoms with Gasteiger partial charge in [-0.1, -0.05) is 15.9 Å². The lowest BCUT2D eigenvalue weighted by molar-refractivity contribution is 0.162. The number of anilines is 1. The second-order valence-electron chi connectivity index (χ2n) is 3.09. The first-order chi connectivity index (χ1) is 7.20.